The van der Waals surface area contributed by atoms with Gasteiger partial charge >= 0.3 is 5.97 Å². The maximum atomic E-state index is 10.8. The summed E-state index contributed by atoms with van der Waals surface area (Å²) in [7, 11) is 0. The van der Waals surface area contributed by atoms with Crippen LogP contribution in [0.3, 0.4) is 0 Å². The highest BCUT2D eigenvalue weighted by Gasteiger charge is 2.09. The Morgan fingerprint density at radius 1 is 1.64 bits per heavy atom. The number of aromatic carboxylic acids is 1. The fraction of sp³-hybridized carbons (Fsp3) is 0. The van der Waals surface area contributed by atoms with Crippen LogP contribution in [0.2, 0.25) is 0 Å². The van der Waals surface area contributed by atoms with Crippen LogP contribution < -0.4 is 5.56 Å². The number of halogens is 1. The molecule has 5 heteroatoms. The summed E-state index contributed by atoms with van der Waals surface area (Å²) in [6.07, 6.45) is 1.31. The van der Waals surface area contributed by atoms with Crippen LogP contribution in [0, 0.1) is 3.57 Å². The van der Waals surface area contributed by atoms with Gasteiger partial charge in [0.25, 0.3) is 5.56 Å². The third-order valence-corrected chi connectivity index (χ3v) is 2.20. The quantitative estimate of drug-likeness (QED) is 0.733. The van der Waals surface area contributed by atoms with Crippen molar-refractivity contribution in [2.75, 3.05) is 0 Å². The van der Waals surface area contributed by atoms with E-state index in [4.69, 9.17) is 5.11 Å². The van der Waals surface area contributed by atoms with Crippen molar-refractivity contribution in [2.24, 2.45) is 0 Å². The van der Waals surface area contributed by atoms with E-state index in [-0.39, 0.29) is 14.7 Å². The number of carboxylic acid groups (broad SMARTS) is 1. The normalized spacial score (nSPS) is 9.55. The standard InChI is InChI=1S/C6H4INO3/c7-4-3(6(10)11)1-2-8-5(4)9/h1-2H,(H,8,9)(H,10,11). The van der Waals surface area contributed by atoms with Gasteiger partial charge in [0.1, 0.15) is 0 Å². The summed E-state index contributed by atoms with van der Waals surface area (Å²) in [5, 5.41) is 8.53. The van der Waals surface area contributed by atoms with Crippen LogP contribution in [0.4, 0.5) is 0 Å². The van der Waals surface area contributed by atoms with Crippen LogP contribution in [0.25, 0.3) is 0 Å². The number of hydrogen-bond donors (Lipinski definition) is 2. The van der Waals surface area contributed by atoms with Crippen LogP contribution in [0.15, 0.2) is 17.1 Å². The average Bonchev–Trinajstić information content (AvgIpc) is 1.94. The second kappa shape index (κ2) is 3.04. The molecule has 0 aliphatic rings. The molecule has 0 aromatic carbocycles. The van der Waals surface area contributed by atoms with Gasteiger partial charge in [0, 0.05) is 6.20 Å². The van der Waals surface area contributed by atoms with Gasteiger partial charge in [-0.05, 0) is 28.7 Å². The Kier molecular flexibility index (Phi) is 2.28. The third-order valence-electron chi connectivity index (χ3n) is 1.13. The number of pyridine rings is 1. The Labute approximate surface area is 75.4 Å². The summed E-state index contributed by atoms with van der Waals surface area (Å²) in [5.74, 6) is -1.08. The molecule has 1 aromatic rings. The second-order valence-corrected chi connectivity index (χ2v) is 2.92. The van der Waals surface area contributed by atoms with Gasteiger partial charge in [-0.3, -0.25) is 4.79 Å². The molecule has 0 spiro atoms. The smallest absolute Gasteiger partial charge is 0.337 e. The molecule has 2 N–H and O–H groups in total. The minimum absolute atomic E-state index is 0.0364. The molecular formula is C6H4INO3. The topological polar surface area (TPSA) is 70.2 Å². The van der Waals surface area contributed by atoms with Gasteiger partial charge in [-0.25, -0.2) is 4.79 Å². The minimum Gasteiger partial charge on any atom is -0.478 e. The van der Waals surface area contributed by atoms with Gasteiger partial charge in [0.2, 0.25) is 0 Å². The first kappa shape index (κ1) is 8.25. The van der Waals surface area contributed by atoms with Crippen molar-refractivity contribution in [1.82, 2.24) is 4.98 Å². The third kappa shape index (κ3) is 1.59. The Bertz CT molecular complexity index is 344. The number of rotatable bonds is 1. The summed E-state index contributed by atoms with van der Waals surface area (Å²) < 4.78 is 0.206. The molecule has 0 aliphatic carbocycles. The Morgan fingerprint density at radius 3 is 2.73 bits per heavy atom. The summed E-state index contributed by atoms with van der Waals surface area (Å²) in [6, 6.07) is 1.35. The van der Waals surface area contributed by atoms with E-state index in [2.05, 4.69) is 4.98 Å². The zero-order valence-electron chi connectivity index (χ0n) is 5.30. The predicted octanol–water partition coefficient (Wildman–Crippen LogP) is 0.678. The van der Waals surface area contributed by atoms with E-state index in [1.165, 1.54) is 12.3 Å². The van der Waals surface area contributed by atoms with Gasteiger partial charge < -0.3 is 10.1 Å². The molecule has 11 heavy (non-hydrogen) atoms. The molecule has 4 nitrogen and oxygen atoms in total. The van der Waals surface area contributed by atoms with Gasteiger partial charge in [0.15, 0.2) is 0 Å². The van der Waals surface area contributed by atoms with Crippen molar-refractivity contribution in [1.29, 1.82) is 0 Å². The SMILES string of the molecule is O=C(O)c1cc[nH]c(=O)c1I. The molecule has 0 radical (unpaired) electrons. The molecule has 0 atom stereocenters. The van der Waals surface area contributed by atoms with E-state index in [9.17, 15) is 9.59 Å². The van der Waals surface area contributed by atoms with E-state index >= 15 is 0 Å². The molecule has 0 bridgehead atoms. The summed E-state index contributed by atoms with van der Waals surface area (Å²) in [6.45, 7) is 0. The lowest BCUT2D eigenvalue weighted by atomic mass is 10.3. The van der Waals surface area contributed by atoms with Crippen LogP contribution in [-0.4, -0.2) is 16.1 Å². The predicted molar refractivity (Wildman–Crippen MR) is 46.7 cm³/mol. The zero-order valence-corrected chi connectivity index (χ0v) is 7.45. The first-order chi connectivity index (χ1) is 5.13. The molecular weight excluding hydrogens is 261 g/mol. The first-order valence-corrected chi connectivity index (χ1v) is 3.81. The van der Waals surface area contributed by atoms with Crippen molar-refractivity contribution in [3.63, 3.8) is 0 Å². The van der Waals surface area contributed by atoms with Crippen molar-refractivity contribution in [3.05, 3.63) is 31.8 Å². The number of hydrogen-bond acceptors (Lipinski definition) is 2. The Hall–Kier alpha value is -0.850. The number of aromatic amines is 1. The van der Waals surface area contributed by atoms with Crippen LogP contribution in [0.5, 0.6) is 0 Å². The average molecular weight is 265 g/mol. The lowest BCUT2D eigenvalue weighted by Crippen LogP contribution is -2.14. The van der Waals surface area contributed by atoms with E-state index < -0.39 is 5.97 Å². The first-order valence-electron chi connectivity index (χ1n) is 2.73. The number of H-pyrrole nitrogens is 1. The Balaban J connectivity index is 3.39. The maximum Gasteiger partial charge on any atom is 0.337 e. The number of aromatic nitrogens is 1. The second-order valence-electron chi connectivity index (χ2n) is 1.84. The summed E-state index contributed by atoms with van der Waals surface area (Å²) >= 11 is 1.70. The molecule has 0 fully saturated rings. The Morgan fingerprint density at radius 2 is 2.27 bits per heavy atom. The highest BCUT2D eigenvalue weighted by molar-refractivity contribution is 14.1. The van der Waals surface area contributed by atoms with Gasteiger partial charge in [-0.2, -0.15) is 0 Å². The lowest BCUT2D eigenvalue weighted by Gasteiger charge is -1.94. The van der Waals surface area contributed by atoms with Crippen molar-refractivity contribution in [3.8, 4) is 0 Å². The van der Waals surface area contributed by atoms with Crippen molar-refractivity contribution < 1.29 is 9.90 Å². The summed E-state index contributed by atoms with van der Waals surface area (Å²) in [5.41, 5.74) is -0.333. The van der Waals surface area contributed by atoms with E-state index in [0.29, 0.717) is 0 Å². The molecule has 1 aromatic heterocycles. The fourth-order valence-electron chi connectivity index (χ4n) is 0.625. The molecule has 1 heterocycles. The van der Waals surface area contributed by atoms with E-state index in [0.717, 1.165) is 0 Å². The molecule has 0 unspecified atom stereocenters. The van der Waals surface area contributed by atoms with E-state index in [1.807, 2.05) is 0 Å². The van der Waals surface area contributed by atoms with Crippen molar-refractivity contribution >= 4 is 28.6 Å². The van der Waals surface area contributed by atoms with Crippen LogP contribution in [0.1, 0.15) is 10.4 Å². The molecule has 0 amide bonds. The maximum absolute atomic E-state index is 10.8. The molecule has 0 saturated carbocycles. The largest absolute Gasteiger partial charge is 0.478 e. The minimum atomic E-state index is -1.08. The van der Waals surface area contributed by atoms with Gasteiger partial charge in [-0.15, -0.1) is 0 Å². The fourth-order valence-corrected chi connectivity index (χ4v) is 1.19. The van der Waals surface area contributed by atoms with Crippen LogP contribution >= 0.6 is 22.6 Å². The number of carbonyl (C=O) groups is 1. The number of carboxylic acids is 1. The van der Waals surface area contributed by atoms with Crippen LogP contribution in [-0.2, 0) is 0 Å². The monoisotopic (exact) mass is 265 g/mol. The summed E-state index contributed by atoms with van der Waals surface area (Å²) in [4.78, 5) is 23.6. The molecule has 58 valence electrons. The van der Waals surface area contributed by atoms with Crippen molar-refractivity contribution in [2.45, 2.75) is 0 Å². The highest BCUT2D eigenvalue weighted by Crippen LogP contribution is 2.04. The van der Waals surface area contributed by atoms with E-state index in [1.54, 1.807) is 22.6 Å². The molecule has 0 aliphatic heterocycles. The number of nitrogens with one attached hydrogen (secondary N) is 1. The lowest BCUT2D eigenvalue weighted by molar-refractivity contribution is 0.0695. The zero-order chi connectivity index (χ0) is 8.43. The molecule has 1 rings (SSSR count). The highest BCUT2D eigenvalue weighted by atomic mass is 127. The van der Waals surface area contributed by atoms with Gasteiger partial charge in [-0.1, -0.05) is 0 Å². The molecule has 0 saturated heterocycles. The van der Waals surface area contributed by atoms with Gasteiger partial charge in [0.05, 0.1) is 9.13 Å².